The van der Waals surface area contributed by atoms with Gasteiger partial charge in [-0.3, -0.25) is 28.8 Å². The van der Waals surface area contributed by atoms with E-state index in [4.69, 9.17) is 20.3 Å². The maximum absolute atomic E-state index is 13.2. The van der Waals surface area contributed by atoms with E-state index in [1.807, 2.05) is 55.8 Å². The lowest BCUT2D eigenvalue weighted by molar-refractivity contribution is -0.870. The van der Waals surface area contributed by atoms with Crippen LogP contribution in [0.4, 0.5) is 0 Å². The van der Waals surface area contributed by atoms with Crippen LogP contribution < -0.4 is 16.4 Å². The number of quaternary nitrogens is 1. The molecule has 0 aliphatic heterocycles. The molecular formula is C43H79N4O11+. The number of hydrogen-bond donors (Lipinski definition) is 5. The van der Waals surface area contributed by atoms with Gasteiger partial charge in [-0.25, -0.2) is 4.79 Å². The van der Waals surface area contributed by atoms with Gasteiger partial charge in [-0.05, 0) is 84.0 Å². The monoisotopic (exact) mass is 828 g/mol. The third-order valence-corrected chi connectivity index (χ3v) is 11.5. The number of Topliss-reactive ketones (excluding diaryl/α,β-unsaturated/α-hetero) is 1. The molecule has 0 rings (SSSR count). The lowest BCUT2D eigenvalue weighted by atomic mass is 9.68. The van der Waals surface area contributed by atoms with Gasteiger partial charge in [0.2, 0.25) is 11.8 Å². The van der Waals surface area contributed by atoms with Crippen molar-refractivity contribution in [2.75, 3.05) is 47.4 Å². The van der Waals surface area contributed by atoms with Gasteiger partial charge in [0, 0.05) is 24.8 Å². The Bertz CT molecular complexity index is 1360. The molecule has 0 heterocycles. The number of likely N-dealkylation sites (N-methyl/N-ethyl adjacent to an activating group) is 1. The van der Waals surface area contributed by atoms with Gasteiger partial charge in [-0.2, -0.15) is 0 Å². The third kappa shape index (κ3) is 20.9. The summed E-state index contributed by atoms with van der Waals surface area (Å²) in [5.41, 5.74) is 3.12. The Morgan fingerprint density at radius 2 is 1.29 bits per heavy atom. The number of nitrogens with zero attached hydrogens (tertiary/aromatic N) is 1. The Morgan fingerprint density at radius 1 is 0.707 bits per heavy atom. The number of hydrogen-bond acceptors (Lipinski definition) is 10. The highest BCUT2D eigenvalue weighted by Gasteiger charge is 2.42. The molecule has 3 unspecified atom stereocenters. The number of nitrogens with two attached hydrogens (primary N) is 1. The highest BCUT2D eigenvalue weighted by Crippen LogP contribution is 2.43. The quantitative estimate of drug-likeness (QED) is 0.0326. The van der Waals surface area contributed by atoms with Crippen LogP contribution in [0.5, 0.6) is 0 Å². The summed E-state index contributed by atoms with van der Waals surface area (Å²) >= 11 is 0. The molecule has 15 heteroatoms. The standard InChI is InChI=1S/C43H78N4O11/c1-12-41(6,30-43(8,14-3)39(56)57-26-23-34(49)50)28-31(48)20-16-15-17-21-32(44)35(51)46-33(36(52)53)22-18-19-24-45-37(54)42(7,13-2)29-40(4,5)38(55)58-27-25-47(9,10)11/h32-33H,12-30,44H2,1-11H3,(H3-,45,46,49,50,51,52,53,54)/p+1/t32-,33-,41?,42?,43?/m0/s1. The number of carboxylic acid groups (broad SMARTS) is 2. The first-order valence-electron chi connectivity index (χ1n) is 21.1. The molecule has 5 atom stereocenters. The summed E-state index contributed by atoms with van der Waals surface area (Å²) in [6.07, 6.45) is 5.99. The number of carboxylic acids is 2. The van der Waals surface area contributed by atoms with Gasteiger partial charge in [-0.15, -0.1) is 0 Å². The van der Waals surface area contributed by atoms with Crippen LogP contribution in [-0.2, 0) is 43.0 Å². The van der Waals surface area contributed by atoms with E-state index in [1.165, 1.54) is 0 Å². The molecule has 0 saturated heterocycles. The molecule has 58 heavy (non-hydrogen) atoms. The Morgan fingerprint density at radius 3 is 1.83 bits per heavy atom. The van der Waals surface area contributed by atoms with E-state index >= 15 is 0 Å². The lowest BCUT2D eigenvalue weighted by Crippen LogP contribution is -2.48. The van der Waals surface area contributed by atoms with Crippen molar-refractivity contribution >= 4 is 41.5 Å². The van der Waals surface area contributed by atoms with E-state index in [1.54, 1.807) is 20.8 Å². The van der Waals surface area contributed by atoms with Crippen molar-refractivity contribution in [2.45, 2.75) is 164 Å². The van der Waals surface area contributed by atoms with Crippen molar-refractivity contribution in [3.05, 3.63) is 0 Å². The van der Waals surface area contributed by atoms with Crippen molar-refractivity contribution < 1.29 is 57.7 Å². The van der Waals surface area contributed by atoms with Gasteiger partial charge < -0.3 is 40.5 Å². The molecule has 0 aliphatic carbocycles. The predicted octanol–water partition coefficient (Wildman–Crippen LogP) is 5.40. The van der Waals surface area contributed by atoms with E-state index in [2.05, 4.69) is 10.6 Å². The van der Waals surface area contributed by atoms with Crippen LogP contribution in [0, 0.1) is 21.7 Å². The number of unbranched alkanes of at least 4 members (excludes halogenated alkanes) is 3. The molecule has 6 N–H and O–H groups in total. The van der Waals surface area contributed by atoms with Crippen molar-refractivity contribution in [1.82, 2.24) is 10.6 Å². The Balaban J connectivity index is 4.78. The van der Waals surface area contributed by atoms with E-state index in [-0.39, 0.29) is 37.1 Å². The van der Waals surface area contributed by atoms with Crippen molar-refractivity contribution in [2.24, 2.45) is 27.4 Å². The minimum atomic E-state index is -1.18. The molecule has 0 spiro atoms. The fraction of sp³-hybridized carbons (Fsp3) is 0.837. The lowest BCUT2D eigenvalue weighted by Gasteiger charge is -2.37. The zero-order valence-electron chi connectivity index (χ0n) is 37.7. The number of ether oxygens (including phenoxy) is 2. The summed E-state index contributed by atoms with van der Waals surface area (Å²) in [5, 5.41) is 24.1. The van der Waals surface area contributed by atoms with Crippen LogP contribution in [-0.4, -0.2) is 116 Å². The summed E-state index contributed by atoms with van der Waals surface area (Å²) in [4.78, 5) is 87.4. The van der Waals surface area contributed by atoms with Crippen LogP contribution >= 0.6 is 0 Å². The molecule has 0 radical (unpaired) electrons. The largest absolute Gasteiger partial charge is 0.481 e. The Kier molecular flexibility index (Phi) is 23.6. The molecule has 336 valence electrons. The topological polar surface area (TPSA) is 228 Å². The second kappa shape index (κ2) is 25.1. The van der Waals surface area contributed by atoms with E-state index in [9.17, 15) is 38.7 Å². The molecule has 0 aliphatic rings. The fourth-order valence-corrected chi connectivity index (χ4v) is 7.01. The van der Waals surface area contributed by atoms with E-state index < -0.39 is 57.6 Å². The highest BCUT2D eigenvalue weighted by atomic mass is 16.5. The van der Waals surface area contributed by atoms with Gasteiger partial charge >= 0.3 is 23.9 Å². The van der Waals surface area contributed by atoms with Crippen molar-refractivity contribution in [1.29, 1.82) is 0 Å². The number of carbonyl (C=O) groups excluding carboxylic acids is 5. The molecular weight excluding hydrogens is 748 g/mol. The van der Waals surface area contributed by atoms with E-state index in [0.717, 1.165) is 0 Å². The Labute approximate surface area is 347 Å². The van der Waals surface area contributed by atoms with Crippen LogP contribution in [0.3, 0.4) is 0 Å². The summed E-state index contributed by atoms with van der Waals surface area (Å²) in [6, 6.07) is -2.04. The number of ketones is 1. The first-order chi connectivity index (χ1) is 26.7. The first-order valence-corrected chi connectivity index (χ1v) is 21.1. The number of esters is 2. The number of amides is 2. The fourth-order valence-electron chi connectivity index (χ4n) is 7.01. The van der Waals surface area contributed by atoms with Crippen LogP contribution in [0.1, 0.15) is 152 Å². The zero-order valence-corrected chi connectivity index (χ0v) is 37.7. The minimum Gasteiger partial charge on any atom is -0.481 e. The number of aliphatic carboxylic acids is 2. The SMILES string of the molecule is CCC(C)(CC(=O)CCCCC[C@H](N)C(=O)N[C@@H](CCCCNC(=O)C(C)(CC)CC(C)(C)C(=O)OCC[N+](C)(C)C)C(=O)O)CC(C)(CC)C(=O)OCCC(=O)O. The number of rotatable bonds is 32. The predicted molar refractivity (Wildman–Crippen MR) is 222 cm³/mol. The summed E-state index contributed by atoms with van der Waals surface area (Å²) < 4.78 is 11.4. The summed E-state index contributed by atoms with van der Waals surface area (Å²) in [5.74, 6) is -3.71. The van der Waals surface area contributed by atoms with Gasteiger partial charge in [0.25, 0.3) is 0 Å². The first kappa shape index (κ1) is 54.4. The average molecular weight is 828 g/mol. The zero-order chi connectivity index (χ0) is 45.0. The maximum Gasteiger partial charge on any atom is 0.326 e. The normalized spacial score (nSPS) is 16.1. The van der Waals surface area contributed by atoms with E-state index in [0.29, 0.717) is 108 Å². The molecule has 0 bridgehead atoms. The maximum atomic E-state index is 13.2. The molecule has 0 aromatic heterocycles. The summed E-state index contributed by atoms with van der Waals surface area (Å²) in [6.45, 7) is 16.0. The van der Waals surface area contributed by atoms with Gasteiger partial charge in [0.1, 0.15) is 31.6 Å². The number of nitrogens with one attached hydrogen (secondary N) is 2. The highest BCUT2D eigenvalue weighted by molar-refractivity contribution is 5.87. The van der Waals surface area contributed by atoms with Gasteiger partial charge in [0.15, 0.2) is 0 Å². The van der Waals surface area contributed by atoms with Crippen LogP contribution in [0.25, 0.3) is 0 Å². The van der Waals surface area contributed by atoms with Crippen molar-refractivity contribution in [3.8, 4) is 0 Å². The molecule has 0 aromatic rings. The van der Waals surface area contributed by atoms with Gasteiger partial charge in [-0.1, -0.05) is 53.9 Å². The average Bonchev–Trinajstić information content (AvgIpc) is 3.12. The molecule has 2 amide bonds. The third-order valence-electron chi connectivity index (χ3n) is 11.5. The second-order valence-electron chi connectivity index (χ2n) is 18.7. The van der Waals surface area contributed by atoms with Crippen LogP contribution in [0.2, 0.25) is 0 Å². The molecule has 0 saturated carbocycles. The summed E-state index contributed by atoms with van der Waals surface area (Å²) in [7, 11) is 6.04. The van der Waals surface area contributed by atoms with Crippen molar-refractivity contribution in [3.63, 3.8) is 0 Å². The van der Waals surface area contributed by atoms with Gasteiger partial charge in [0.05, 0.1) is 44.4 Å². The Hall–Kier alpha value is -3.59. The molecule has 15 nitrogen and oxygen atoms in total. The molecule has 0 aromatic carbocycles. The smallest absolute Gasteiger partial charge is 0.326 e. The second-order valence-corrected chi connectivity index (χ2v) is 18.7. The minimum absolute atomic E-state index is 0.0693. The molecule has 0 fully saturated rings. The van der Waals surface area contributed by atoms with Crippen LogP contribution in [0.15, 0.2) is 0 Å². The number of carbonyl (C=O) groups is 7.